The largest absolute Gasteiger partial charge is 0.395 e. The molecule has 0 aliphatic rings. The second kappa shape index (κ2) is 7.92. The van der Waals surface area contributed by atoms with Crippen LogP contribution in [0.4, 0.5) is 5.69 Å². The van der Waals surface area contributed by atoms with Gasteiger partial charge in [-0.2, -0.15) is 5.26 Å². The van der Waals surface area contributed by atoms with Gasteiger partial charge in [0, 0.05) is 19.0 Å². The molecule has 5 nitrogen and oxygen atoms in total. The van der Waals surface area contributed by atoms with Gasteiger partial charge >= 0.3 is 0 Å². The number of carbonyl (C=O) groups excluding carboxylic acids is 1. The highest BCUT2D eigenvalue weighted by Crippen LogP contribution is 2.23. The first-order valence-corrected chi connectivity index (χ1v) is 7.39. The van der Waals surface area contributed by atoms with Crippen molar-refractivity contribution in [1.82, 2.24) is 4.90 Å². The number of aliphatic hydroxyl groups excluding tert-OH is 1. The van der Waals surface area contributed by atoms with Crippen LogP contribution in [0.1, 0.15) is 32.8 Å². The quantitative estimate of drug-likeness (QED) is 0.845. The molecule has 120 valence electrons. The molecule has 0 saturated heterocycles. The van der Waals surface area contributed by atoms with Gasteiger partial charge in [-0.3, -0.25) is 4.79 Å². The summed E-state index contributed by atoms with van der Waals surface area (Å²) < 4.78 is 0. The molecule has 0 radical (unpaired) electrons. The average molecular weight is 303 g/mol. The first-order chi connectivity index (χ1) is 10.3. The molecule has 0 saturated carbocycles. The molecule has 1 amide bonds. The molecule has 0 bridgehead atoms. The van der Waals surface area contributed by atoms with E-state index in [0.717, 1.165) is 0 Å². The third kappa shape index (κ3) is 5.14. The van der Waals surface area contributed by atoms with E-state index in [2.05, 4.69) is 32.2 Å². The molecule has 1 atom stereocenters. The third-order valence-corrected chi connectivity index (χ3v) is 3.72. The molecule has 0 aliphatic heterocycles. The number of nitrogens with one attached hydrogen (secondary N) is 1. The normalized spacial score (nSPS) is 12.8. The summed E-state index contributed by atoms with van der Waals surface area (Å²) in [5.41, 5.74) is 0.923. The predicted octanol–water partition coefficient (Wildman–Crippen LogP) is 2.23. The van der Waals surface area contributed by atoms with Crippen molar-refractivity contribution in [2.75, 3.05) is 25.5 Å². The summed E-state index contributed by atoms with van der Waals surface area (Å²) in [6, 6.07) is 8.97. The van der Waals surface area contributed by atoms with E-state index >= 15 is 0 Å². The fourth-order valence-corrected chi connectivity index (χ4v) is 2.41. The van der Waals surface area contributed by atoms with Crippen molar-refractivity contribution in [2.45, 2.75) is 33.2 Å². The number of amides is 1. The Kier molecular flexibility index (Phi) is 6.54. The Bertz CT molecular complexity index is 544. The number of benzene rings is 1. The zero-order valence-corrected chi connectivity index (χ0v) is 13.8. The first kappa shape index (κ1) is 18.1. The van der Waals surface area contributed by atoms with Crippen LogP contribution in [0.25, 0.3) is 0 Å². The van der Waals surface area contributed by atoms with E-state index in [1.54, 1.807) is 24.3 Å². The first-order valence-electron chi connectivity index (χ1n) is 7.39. The van der Waals surface area contributed by atoms with Crippen LogP contribution in [0, 0.1) is 16.7 Å². The van der Waals surface area contributed by atoms with Crippen molar-refractivity contribution >= 4 is 11.6 Å². The number of hydrogen-bond donors (Lipinski definition) is 2. The smallest absolute Gasteiger partial charge is 0.225 e. The fourth-order valence-electron chi connectivity index (χ4n) is 2.41. The molecular formula is C17H25N3O2. The molecular weight excluding hydrogens is 278 g/mol. The van der Waals surface area contributed by atoms with Crippen molar-refractivity contribution < 1.29 is 9.90 Å². The van der Waals surface area contributed by atoms with Gasteiger partial charge in [0.1, 0.15) is 6.07 Å². The maximum atomic E-state index is 12.0. The van der Waals surface area contributed by atoms with Crippen molar-refractivity contribution in [3.05, 3.63) is 29.8 Å². The molecule has 1 rings (SSSR count). The maximum Gasteiger partial charge on any atom is 0.225 e. The lowest BCUT2D eigenvalue weighted by Crippen LogP contribution is -2.45. The Hall–Kier alpha value is -1.90. The highest BCUT2D eigenvalue weighted by Gasteiger charge is 2.27. The Labute approximate surface area is 132 Å². The number of nitrogens with zero attached hydrogens (tertiary/aromatic N) is 2. The Balaban J connectivity index is 2.58. The molecule has 2 N–H and O–H groups in total. The minimum Gasteiger partial charge on any atom is -0.395 e. The number of aliphatic hydroxyl groups is 1. The van der Waals surface area contributed by atoms with Crippen molar-refractivity contribution in [2.24, 2.45) is 5.41 Å². The minimum atomic E-state index is -0.139. The molecule has 0 spiro atoms. The van der Waals surface area contributed by atoms with Crippen LogP contribution in [0.2, 0.25) is 0 Å². The maximum absolute atomic E-state index is 12.0. The van der Waals surface area contributed by atoms with Crippen LogP contribution in [-0.2, 0) is 4.79 Å². The zero-order valence-electron chi connectivity index (χ0n) is 13.8. The molecule has 22 heavy (non-hydrogen) atoms. The highest BCUT2D eigenvalue weighted by atomic mass is 16.3. The second-order valence-corrected chi connectivity index (χ2v) is 6.50. The third-order valence-electron chi connectivity index (χ3n) is 3.72. The lowest BCUT2D eigenvalue weighted by Gasteiger charge is -2.36. The second-order valence-electron chi connectivity index (χ2n) is 6.50. The van der Waals surface area contributed by atoms with E-state index in [4.69, 9.17) is 5.26 Å². The summed E-state index contributed by atoms with van der Waals surface area (Å²) in [6.45, 7) is 6.79. The van der Waals surface area contributed by atoms with Gasteiger partial charge in [0.05, 0.1) is 17.9 Å². The van der Waals surface area contributed by atoms with E-state index < -0.39 is 0 Å². The monoisotopic (exact) mass is 303 g/mol. The number of likely N-dealkylation sites (N-methyl/N-ethyl adjacent to an activating group) is 1. The van der Waals surface area contributed by atoms with Crippen LogP contribution in [-0.4, -0.2) is 42.2 Å². The summed E-state index contributed by atoms with van der Waals surface area (Å²) in [4.78, 5) is 14.0. The van der Waals surface area contributed by atoms with Gasteiger partial charge in [-0.15, -0.1) is 0 Å². The molecule has 0 aliphatic carbocycles. The van der Waals surface area contributed by atoms with E-state index in [9.17, 15) is 9.90 Å². The summed E-state index contributed by atoms with van der Waals surface area (Å²) in [7, 11) is 1.91. The molecule has 0 fully saturated rings. The van der Waals surface area contributed by atoms with E-state index in [-0.39, 0.29) is 24.0 Å². The van der Waals surface area contributed by atoms with Gasteiger partial charge < -0.3 is 15.3 Å². The molecule has 1 aromatic carbocycles. The topological polar surface area (TPSA) is 76.4 Å². The highest BCUT2D eigenvalue weighted by molar-refractivity contribution is 5.92. The molecule has 5 heteroatoms. The van der Waals surface area contributed by atoms with Crippen LogP contribution in [0.5, 0.6) is 0 Å². The zero-order chi connectivity index (χ0) is 16.8. The van der Waals surface area contributed by atoms with Crippen LogP contribution < -0.4 is 5.32 Å². The lowest BCUT2D eigenvalue weighted by atomic mass is 9.86. The number of carbonyl (C=O) groups is 1. The van der Waals surface area contributed by atoms with Crippen LogP contribution >= 0.6 is 0 Å². The number of rotatable bonds is 6. The van der Waals surface area contributed by atoms with Crippen molar-refractivity contribution in [3.63, 3.8) is 0 Å². The Morgan fingerprint density at radius 1 is 1.41 bits per heavy atom. The molecule has 0 aromatic heterocycles. The van der Waals surface area contributed by atoms with Crippen molar-refractivity contribution in [3.8, 4) is 6.07 Å². The molecule has 1 unspecified atom stereocenters. The minimum absolute atomic E-state index is 0.00769. The summed E-state index contributed by atoms with van der Waals surface area (Å²) in [6.07, 6.45) is 0.308. The van der Waals surface area contributed by atoms with Gasteiger partial charge in [-0.25, -0.2) is 0 Å². The Morgan fingerprint density at radius 3 is 2.59 bits per heavy atom. The average Bonchev–Trinajstić information content (AvgIpc) is 2.45. The van der Waals surface area contributed by atoms with E-state index in [0.29, 0.717) is 24.2 Å². The van der Waals surface area contributed by atoms with Crippen LogP contribution in [0.3, 0.4) is 0 Å². The number of nitriles is 1. The predicted molar refractivity (Wildman–Crippen MR) is 87.4 cm³/mol. The van der Waals surface area contributed by atoms with Gasteiger partial charge in [0.25, 0.3) is 0 Å². The fraction of sp³-hybridized carbons (Fsp3) is 0.529. The van der Waals surface area contributed by atoms with Gasteiger partial charge in [-0.05, 0) is 24.6 Å². The molecule has 0 heterocycles. The lowest BCUT2D eigenvalue weighted by molar-refractivity contribution is -0.116. The summed E-state index contributed by atoms with van der Waals surface area (Å²) >= 11 is 0. The molecule has 1 aromatic rings. The summed E-state index contributed by atoms with van der Waals surface area (Å²) in [5.74, 6) is -0.139. The van der Waals surface area contributed by atoms with Crippen molar-refractivity contribution in [1.29, 1.82) is 5.26 Å². The van der Waals surface area contributed by atoms with Gasteiger partial charge in [0.15, 0.2) is 0 Å². The van der Waals surface area contributed by atoms with Gasteiger partial charge in [0.2, 0.25) is 5.91 Å². The van der Waals surface area contributed by atoms with Gasteiger partial charge in [-0.1, -0.05) is 32.9 Å². The number of hydrogen-bond acceptors (Lipinski definition) is 4. The summed E-state index contributed by atoms with van der Waals surface area (Å²) in [5, 5.41) is 21.3. The number of para-hydroxylation sites is 1. The van der Waals surface area contributed by atoms with E-state index in [1.807, 2.05) is 11.9 Å². The van der Waals surface area contributed by atoms with Crippen LogP contribution in [0.15, 0.2) is 24.3 Å². The standard InChI is InChI=1S/C17H25N3O2/c1-17(2,3)15(12-21)20(4)10-9-16(22)19-14-8-6-5-7-13(14)11-18/h5-8,15,21H,9-10,12H2,1-4H3,(H,19,22). The number of anilines is 1. The van der Waals surface area contributed by atoms with E-state index in [1.165, 1.54) is 0 Å². The SMILES string of the molecule is CN(CCC(=O)Nc1ccccc1C#N)C(CO)C(C)(C)C. The Morgan fingerprint density at radius 2 is 2.05 bits per heavy atom.